The number of nitrogens with one attached hydrogen (secondary N) is 1. The zero-order valence-electron chi connectivity index (χ0n) is 10.8. The number of rotatable bonds is 2. The molecule has 0 amide bonds. The van der Waals surface area contributed by atoms with Gasteiger partial charge in [-0.3, -0.25) is 14.2 Å². The largest absolute Gasteiger partial charge is 0.317 e. The Bertz CT molecular complexity index is 944. The molecule has 0 saturated carbocycles. The molecule has 4 nitrogen and oxygen atoms in total. The van der Waals surface area contributed by atoms with Gasteiger partial charge in [-0.1, -0.05) is 47.5 Å². The van der Waals surface area contributed by atoms with E-state index in [9.17, 15) is 9.59 Å². The van der Waals surface area contributed by atoms with Crippen LogP contribution in [0.25, 0.3) is 11.0 Å². The molecule has 1 heterocycles. The van der Waals surface area contributed by atoms with Gasteiger partial charge in [0.15, 0.2) is 0 Å². The van der Waals surface area contributed by atoms with Crippen LogP contribution in [0.5, 0.6) is 0 Å². The first kappa shape index (κ1) is 13.9. The highest BCUT2D eigenvalue weighted by Crippen LogP contribution is 2.22. The lowest BCUT2D eigenvalue weighted by molar-refractivity contribution is 0.777. The average Bonchev–Trinajstić information content (AvgIpc) is 2.46. The summed E-state index contributed by atoms with van der Waals surface area (Å²) in [6.07, 6.45) is 0. The molecule has 106 valence electrons. The SMILES string of the molecule is O=c1[nH]c2cccc(Cl)c2n(Cc2ccccc2Cl)c1=O. The highest BCUT2D eigenvalue weighted by atomic mass is 35.5. The third kappa shape index (κ3) is 2.48. The summed E-state index contributed by atoms with van der Waals surface area (Å²) in [5.41, 5.74) is 0.406. The van der Waals surface area contributed by atoms with E-state index in [1.54, 1.807) is 36.4 Å². The number of H-pyrrole nitrogens is 1. The standard InChI is InChI=1S/C15H10Cl2N2O2/c16-10-5-2-1-4-9(10)8-19-13-11(17)6-3-7-12(13)18-14(20)15(19)21/h1-7H,8H2,(H,18,20). The first-order valence-electron chi connectivity index (χ1n) is 6.22. The molecule has 0 fully saturated rings. The molecule has 0 aliphatic rings. The molecule has 0 unspecified atom stereocenters. The van der Waals surface area contributed by atoms with Crippen LogP contribution in [0.1, 0.15) is 5.56 Å². The second-order valence-corrected chi connectivity index (χ2v) is 5.39. The van der Waals surface area contributed by atoms with E-state index in [2.05, 4.69) is 4.98 Å². The number of para-hydroxylation sites is 1. The molecule has 6 heteroatoms. The van der Waals surface area contributed by atoms with Crippen molar-refractivity contribution in [1.29, 1.82) is 0 Å². The zero-order chi connectivity index (χ0) is 15.0. The molecule has 0 atom stereocenters. The van der Waals surface area contributed by atoms with Gasteiger partial charge in [-0.2, -0.15) is 0 Å². The molecule has 3 aromatic rings. The van der Waals surface area contributed by atoms with Crippen molar-refractivity contribution in [1.82, 2.24) is 9.55 Å². The lowest BCUT2D eigenvalue weighted by Gasteiger charge is -2.11. The van der Waals surface area contributed by atoms with Gasteiger partial charge >= 0.3 is 11.1 Å². The Hall–Kier alpha value is -2.04. The fourth-order valence-electron chi connectivity index (χ4n) is 2.24. The molecule has 21 heavy (non-hydrogen) atoms. The Kier molecular flexibility index (Phi) is 3.57. The van der Waals surface area contributed by atoms with Crippen LogP contribution in [0.2, 0.25) is 10.0 Å². The second kappa shape index (κ2) is 5.39. The molecule has 0 radical (unpaired) electrons. The van der Waals surface area contributed by atoms with Crippen LogP contribution in [-0.4, -0.2) is 9.55 Å². The van der Waals surface area contributed by atoms with E-state index in [4.69, 9.17) is 23.2 Å². The van der Waals surface area contributed by atoms with E-state index in [1.165, 1.54) is 4.57 Å². The summed E-state index contributed by atoms with van der Waals surface area (Å²) in [6.45, 7) is 0.183. The predicted octanol–water partition coefficient (Wildman–Crippen LogP) is 3.04. The van der Waals surface area contributed by atoms with Gasteiger partial charge in [0.1, 0.15) is 0 Å². The number of aromatic nitrogens is 2. The smallest absolute Gasteiger partial charge is 0.316 e. The van der Waals surface area contributed by atoms with Crippen molar-refractivity contribution in [3.05, 3.63) is 78.8 Å². The highest BCUT2D eigenvalue weighted by Gasteiger charge is 2.12. The van der Waals surface area contributed by atoms with E-state index < -0.39 is 11.1 Å². The number of nitrogens with zero attached hydrogens (tertiary/aromatic N) is 1. The number of hydrogen-bond acceptors (Lipinski definition) is 2. The van der Waals surface area contributed by atoms with Crippen molar-refractivity contribution in [2.75, 3.05) is 0 Å². The molecule has 1 aromatic heterocycles. The molecule has 3 rings (SSSR count). The lowest BCUT2D eigenvalue weighted by Crippen LogP contribution is -2.36. The Morgan fingerprint density at radius 2 is 1.67 bits per heavy atom. The minimum atomic E-state index is -0.683. The normalized spacial score (nSPS) is 11.0. The van der Waals surface area contributed by atoms with E-state index in [1.807, 2.05) is 6.07 Å². The summed E-state index contributed by atoms with van der Waals surface area (Å²) in [4.78, 5) is 26.5. The lowest BCUT2D eigenvalue weighted by atomic mass is 10.2. The van der Waals surface area contributed by atoms with Gasteiger partial charge in [0, 0.05) is 5.02 Å². The van der Waals surface area contributed by atoms with Crippen LogP contribution in [0, 0.1) is 0 Å². The molecule has 0 aliphatic carbocycles. The van der Waals surface area contributed by atoms with E-state index in [-0.39, 0.29) is 6.54 Å². The summed E-state index contributed by atoms with van der Waals surface area (Å²) in [7, 11) is 0. The predicted molar refractivity (Wildman–Crippen MR) is 84.4 cm³/mol. The summed E-state index contributed by atoms with van der Waals surface area (Å²) in [6, 6.07) is 12.2. The fourth-order valence-corrected chi connectivity index (χ4v) is 2.71. The minimum absolute atomic E-state index is 0.183. The Balaban J connectivity index is 2.31. The summed E-state index contributed by atoms with van der Waals surface area (Å²) < 4.78 is 1.34. The molecule has 0 aliphatic heterocycles. The maximum absolute atomic E-state index is 12.2. The first-order valence-corrected chi connectivity index (χ1v) is 6.98. The van der Waals surface area contributed by atoms with Crippen LogP contribution in [0.3, 0.4) is 0 Å². The Morgan fingerprint density at radius 3 is 2.43 bits per heavy atom. The topological polar surface area (TPSA) is 54.9 Å². The quantitative estimate of drug-likeness (QED) is 0.738. The van der Waals surface area contributed by atoms with Gasteiger partial charge < -0.3 is 4.98 Å². The first-order chi connectivity index (χ1) is 10.1. The number of aromatic amines is 1. The van der Waals surface area contributed by atoms with Crippen molar-refractivity contribution in [3.63, 3.8) is 0 Å². The van der Waals surface area contributed by atoms with Crippen LogP contribution >= 0.6 is 23.2 Å². The van der Waals surface area contributed by atoms with Gasteiger partial charge in [0.2, 0.25) is 0 Å². The highest BCUT2D eigenvalue weighted by molar-refractivity contribution is 6.35. The number of benzene rings is 2. The van der Waals surface area contributed by atoms with Crippen LogP contribution in [0.15, 0.2) is 52.1 Å². The van der Waals surface area contributed by atoms with E-state index in [0.29, 0.717) is 21.1 Å². The van der Waals surface area contributed by atoms with Gasteiger partial charge in [0.05, 0.1) is 22.6 Å². The van der Waals surface area contributed by atoms with Gasteiger partial charge in [-0.15, -0.1) is 0 Å². The fraction of sp³-hybridized carbons (Fsp3) is 0.0667. The molecule has 0 bridgehead atoms. The minimum Gasteiger partial charge on any atom is -0.316 e. The maximum Gasteiger partial charge on any atom is 0.317 e. The third-order valence-corrected chi connectivity index (χ3v) is 3.90. The maximum atomic E-state index is 12.2. The number of halogens is 2. The van der Waals surface area contributed by atoms with Crippen LogP contribution in [-0.2, 0) is 6.54 Å². The summed E-state index contributed by atoms with van der Waals surface area (Å²) in [5, 5.41) is 0.929. The van der Waals surface area contributed by atoms with Crippen molar-refractivity contribution < 1.29 is 0 Å². The average molecular weight is 321 g/mol. The molecule has 0 spiro atoms. The molecule has 2 aromatic carbocycles. The number of fused-ring (bicyclic) bond motifs is 1. The third-order valence-electron chi connectivity index (χ3n) is 3.23. The molecular formula is C15H10Cl2N2O2. The van der Waals surface area contributed by atoms with E-state index in [0.717, 1.165) is 5.56 Å². The number of hydrogen-bond donors (Lipinski definition) is 1. The Labute approximate surface area is 129 Å². The second-order valence-electron chi connectivity index (χ2n) is 4.57. The molecule has 1 N–H and O–H groups in total. The van der Waals surface area contributed by atoms with Crippen LogP contribution < -0.4 is 11.1 Å². The van der Waals surface area contributed by atoms with Gasteiger partial charge in [-0.25, -0.2) is 0 Å². The van der Waals surface area contributed by atoms with Crippen molar-refractivity contribution in [2.45, 2.75) is 6.54 Å². The monoisotopic (exact) mass is 320 g/mol. The summed E-state index contributed by atoms with van der Waals surface area (Å²) >= 11 is 12.3. The van der Waals surface area contributed by atoms with Gasteiger partial charge in [0.25, 0.3) is 0 Å². The zero-order valence-corrected chi connectivity index (χ0v) is 12.3. The van der Waals surface area contributed by atoms with Crippen molar-refractivity contribution >= 4 is 34.2 Å². The van der Waals surface area contributed by atoms with Crippen LogP contribution in [0.4, 0.5) is 0 Å². The van der Waals surface area contributed by atoms with Crippen molar-refractivity contribution in [3.8, 4) is 0 Å². The van der Waals surface area contributed by atoms with Crippen molar-refractivity contribution in [2.24, 2.45) is 0 Å². The molecule has 0 saturated heterocycles. The van der Waals surface area contributed by atoms with E-state index >= 15 is 0 Å². The van der Waals surface area contributed by atoms with Gasteiger partial charge in [-0.05, 0) is 23.8 Å². The molecular weight excluding hydrogens is 311 g/mol. The Morgan fingerprint density at radius 1 is 0.952 bits per heavy atom. The summed E-state index contributed by atoms with van der Waals surface area (Å²) in [5.74, 6) is 0.